The quantitative estimate of drug-likeness (QED) is 0.783. The summed E-state index contributed by atoms with van der Waals surface area (Å²) in [5.74, 6) is 0. The Hall–Kier alpha value is 0.190. The Labute approximate surface area is 103 Å². The molecular weight excluding hydrogens is 277 g/mol. The zero-order valence-electron chi connectivity index (χ0n) is 7.69. The second kappa shape index (κ2) is 4.22. The number of nitrogens with zero attached hydrogens (tertiary/aromatic N) is 1. The molecule has 0 bridgehead atoms. The standard InChI is InChI=1S/C8H9Cl2NO2S2/c9-6-3-4-11(5-6)15(12,13)8-2-1-7(10)14-8/h1-2,6H,3-5H2. The molecule has 1 fully saturated rings. The predicted octanol–water partition coefficient (Wildman–Crippen LogP) is 2.40. The molecule has 1 aliphatic rings. The molecule has 0 aromatic carbocycles. The van der Waals surface area contributed by atoms with Crippen molar-refractivity contribution in [1.82, 2.24) is 4.31 Å². The van der Waals surface area contributed by atoms with E-state index in [1.807, 2.05) is 0 Å². The predicted molar refractivity (Wildman–Crippen MR) is 62.3 cm³/mol. The van der Waals surface area contributed by atoms with Crippen molar-refractivity contribution in [2.45, 2.75) is 16.0 Å². The molecule has 84 valence electrons. The largest absolute Gasteiger partial charge is 0.252 e. The first-order valence-electron chi connectivity index (χ1n) is 4.40. The Balaban J connectivity index is 2.27. The lowest BCUT2D eigenvalue weighted by Crippen LogP contribution is -2.28. The van der Waals surface area contributed by atoms with Gasteiger partial charge in [0.15, 0.2) is 0 Å². The van der Waals surface area contributed by atoms with Crippen LogP contribution in [0.1, 0.15) is 6.42 Å². The minimum atomic E-state index is -3.37. The molecule has 2 rings (SSSR count). The maximum absolute atomic E-state index is 12.0. The SMILES string of the molecule is O=S(=O)(c1ccc(Cl)s1)N1CCC(Cl)C1. The van der Waals surface area contributed by atoms with Gasteiger partial charge in [0.1, 0.15) is 4.21 Å². The maximum Gasteiger partial charge on any atom is 0.252 e. The fourth-order valence-electron chi connectivity index (χ4n) is 1.47. The topological polar surface area (TPSA) is 37.4 Å². The highest BCUT2D eigenvalue weighted by atomic mass is 35.5. The number of alkyl halides is 1. The van der Waals surface area contributed by atoms with E-state index in [1.54, 1.807) is 6.07 Å². The van der Waals surface area contributed by atoms with Crippen LogP contribution in [0.2, 0.25) is 4.34 Å². The lowest BCUT2D eigenvalue weighted by Gasteiger charge is -2.13. The van der Waals surface area contributed by atoms with Gasteiger partial charge in [0.25, 0.3) is 10.0 Å². The van der Waals surface area contributed by atoms with E-state index in [1.165, 1.54) is 10.4 Å². The minimum Gasteiger partial charge on any atom is -0.206 e. The Morgan fingerprint density at radius 3 is 2.67 bits per heavy atom. The van der Waals surface area contributed by atoms with E-state index in [0.29, 0.717) is 28.1 Å². The van der Waals surface area contributed by atoms with E-state index in [-0.39, 0.29) is 5.38 Å². The Kier molecular flexibility index (Phi) is 3.28. The van der Waals surface area contributed by atoms with Crippen molar-refractivity contribution < 1.29 is 8.42 Å². The summed E-state index contributed by atoms with van der Waals surface area (Å²) in [7, 11) is -3.37. The fourth-order valence-corrected chi connectivity index (χ4v) is 4.95. The first-order valence-corrected chi connectivity index (χ1v) is 7.47. The maximum atomic E-state index is 12.0. The van der Waals surface area contributed by atoms with Gasteiger partial charge in [-0.25, -0.2) is 8.42 Å². The summed E-state index contributed by atoms with van der Waals surface area (Å²) < 4.78 is 26.2. The number of hydrogen-bond donors (Lipinski definition) is 0. The van der Waals surface area contributed by atoms with E-state index in [4.69, 9.17) is 23.2 Å². The average Bonchev–Trinajstić information content (AvgIpc) is 2.74. The van der Waals surface area contributed by atoms with Crippen LogP contribution in [0.15, 0.2) is 16.3 Å². The van der Waals surface area contributed by atoms with Crippen LogP contribution in [0.5, 0.6) is 0 Å². The van der Waals surface area contributed by atoms with Crippen LogP contribution in [0.25, 0.3) is 0 Å². The van der Waals surface area contributed by atoms with Crippen LogP contribution in [-0.4, -0.2) is 31.2 Å². The van der Waals surface area contributed by atoms with Gasteiger partial charge < -0.3 is 0 Å². The molecule has 1 aliphatic heterocycles. The van der Waals surface area contributed by atoms with Gasteiger partial charge in [0.2, 0.25) is 0 Å². The number of sulfonamides is 1. The van der Waals surface area contributed by atoms with Crippen LogP contribution in [0.4, 0.5) is 0 Å². The first kappa shape index (κ1) is 11.7. The summed E-state index contributed by atoms with van der Waals surface area (Å²) in [5, 5.41) is -0.0739. The van der Waals surface area contributed by atoms with Gasteiger partial charge in [-0.2, -0.15) is 4.31 Å². The normalized spacial score (nSPS) is 23.5. The van der Waals surface area contributed by atoms with Crippen LogP contribution < -0.4 is 0 Å². The molecule has 0 saturated carbocycles. The molecule has 1 aromatic rings. The second-order valence-electron chi connectivity index (χ2n) is 3.31. The van der Waals surface area contributed by atoms with Gasteiger partial charge in [-0.05, 0) is 18.6 Å². The zero-order valence-corrected chi connectivity index (χ0v) is 10.8. The smallest absolute Gasteiger partial charge is 0.206 e. The third-order valence-electron chi connectivity index (χ3n) is 2.24. The summed E-state index contributed by atoms with van der Waals surface area (Å²) in [6.45, 7) is 0.880. The highest BCUT2D eigenvalue weighted by molar-refractivity contribution is 7.91. The number of halogens is 2. The highest BCUT2D eigenvalue weighted by Gasteiger charge is 2.32. The van der Waals surface area contributed by atoms with Crippen LogP contribution in [0, 0.1) is 0 Å². The summed E-state index contributed by atoms with van der Waals surface area (Å²) in [6.07, 6.45) is 0.708. The monoisotopic (exact) mass is 285 g/mol. The van der Waals surface area contributed by atoms with Crippen molar-refractivity contribution in [3.05, 3.63) is 16.5 Å². The van der Waals surface area contributed by atoms with E-state index < -0.39 is 10.0 Å². The van der Waals surface area contributed by atoms with Gasteiger partial charge in [0, 0.05) is 18.5 Å². The molecule has 1 saturated heterocycles. The molecule has 1 aromatic heterocycles. The van der Waals surface area contributed by atoms with Gasteiger partial charge in [0.05, 0.1) is 4.34 Å². The lowest BCUT2D eigenvalue weighted by atomic mass is 10.4. The molecule has 0 aliphatic carbocycles. The van der Waals surface area contributed by atoms with Crippen molar-refractivity contribution in [3.63, 3.8) is 0 Å². The molecule has 0 spiro atoms. The Bertz CT molecular complexity index is 457. The number of hydrogen-bond acceptors (Lipinski definition) is 3. The summed E-state index contributed by atoms with van der Waals surface area (Å²) >= 11 is 12.7. The van der Waals surface area contributed by atoms with Crippen LogP contribution in [0.3, 0.4) is 0 Å². The first-order chi connectivity index (χ1) is 7.00. The van der Waals surface area contributed by atoms with Gasteiger partial charge in [-0.3, -0.25) is 0 Å². The molecular formula is C8H9Cl2NO2S2. The van der Waals surface area contributed by atoms with Crippen molar-refractivity contribution in [2.75, 3.05) is 13.1 Å². The van der Waals surface area contributed by atoms with Crippen LogP contribution in [-0.2, 0) is 10.0 Å². The molecule has 7 heteroatoms. The third kappa shape index (κ3) is 2.31. The second-order valence-corrected chi connectivity index (χ2v) is 7.80. The van der Waals surface area contributed by atoms with E-state index in [2.05, 4.69) is 0 Å². The molecule has 3 nitrogen and oxygen atoms in total. The molecule has 1 atom stereocenters. The number of rotatable bonds is 2. The Morgan fingerprint density at radius 1 is 1.47 bits per heavy atom. The zero-order chi connectivity index (χ0) is 11.1. The van der Waals surface area contributed by atoms with Crippen molar-refractivity contribution in [2.24, 2.45) is 0 Å². The van der Waals surface area contributed by atoms with E-state index in [0.717, 1.165) is 11.3 Å². The fraction of sp³-hybridized carbons (Fsp3) is 0.500. The van der Waals surface area contributed by atoms with Crippen molar-refractivity contribution in [3.8, 4) is 0 Å². The molecule has 2 heterocycles. The minimum absolute atomic E-state index is 0.0739. The average molecular weight is 286 g/mol. The van der Waals surface area contributed by atoms with Crippen molar-refractivity contribution in [1.29, 1.82) is 0 Å². The van der Waals surface area contributed by atoms with Gasteiger partial charge in [-0.15, -0.1) is 22.9 Å². The van der Waals surface area contributed by atoms with Gasteiger partial charge >= 0.3 is 0 Å². The van der Waals surface area contributed by atoms with Crippen LogP contribution >= 0.6 is 34.5 Å². The summed E-state index contributed by atoms with van der Waals surface area (Å²) in [6, 6.07) is 3.12. The Morgan fingerprint density at radius 2 is 2.20 bits per heavy atom. The third-order valence-corrected chi connectivity index (χ3v) is 6.16. The van der Waals surface area contributed by atoms with E-state index in [9.17, 15) is 8.42 Å². The van der Waals surface area contributed by atoms with E-state index >= 15 is 0 Å². The molecule has 1 unspecified atom stereocenters. The molecule has 0 N–H and O–H groups in total. The highest BCUT2D eigenvalue weighted by Crippen LogP contribution is 2.30. The molecule has 15 heavy (non-hydrogen) atoms. The van der Waals surface area contributed by atoms with Crippen molar-refractivity contribution >= 4 is 44.6 Å². The molecule has 0 radical (unpaired) electrons. The summed E-state index contributed by atoms with van der Waals surface area (Å²) in [4.78, 5) is 0. The summed E-state index contributed by atoms with van der Waals surface area (Å²) in [5.41, 5.74) is 0. The lowest BCUT2D eigenvalue weighted by molar-refractivity contribution is 0.479. The number of thiophene rings is 1. The molecule has 0 amide bonds. The van der Waals surface area contributed by atoms with Gasteiger partial charge in [-0.1, -0.05) is 11.6 Å².